The van der Waals surface area contributed by atoms with E-state index in [1.54, 1.807) is 18.2 Å². The molecule has 7 heteroatoms. The van der Waals surface area contributed by atoms with Crippen molar-refractivity contribution in [3.05, 3.63) is 53.3 Å². The number of sulfonamides is 1. The molecule has 0 heterocycles. The molecule has 0 amide bonds. The summed E-state index contributed by atoms with van der Waals surface area (Å²) in [5.41, 5.74) is 6.30. The molecule has 2 aromatic rings. The van der Waals surface area contributed by atoms with Crippen LogP contribution in [0.15, 0.2) is 47.4 Å². The van der Waals surface area contributed by atoms with Gasteiger partial charge in [-0.1, -0.05) is 17.7 Å². The van der Waals surface area contributed by atoms with Gasteiger partial charge in [0.05, 0.1) is 15.6 Å². The standard InChI is InChI=1S/C12H10ClFN2O2S/c13-11-7-10(4-5-12(11)14)19(17,18)16-9-3-1-2-8(15)6-9/h1-7,16H,15H2. The molecule has 0 saturated carbocycles. The molecule has 0 spiro atoms. The summed E-state index contributed by atoms with van der Waals surface area (Å²) in [5.74, 6) is -0.676. The van der Waals surface area contributed by atoms with Gasteiger partial charge in [-0.3, -0.25) is 4.72 Å². The van der Waals surface area contributed by atoms with Gasteiger partial charge in [-0.15, -0.1) is 0 Å². The lowest BCUT2D eigenvalue weighted by molar-refractivity contribution is 0.599. The lowest BCUT2D eigenvalue weighted by atomic mass is 10.3. The maximum Gasteiger partial charge on any atom is 0.261 e. The molecule has 19 heavy (non-hydrogen) atoms. The first-order valence-corrected chi connectivity index (χ1v) is 7.08. The van der Waals surface area contributed by atoms with Crippen LogP contribution in [-0.2, 0) is 10.0 Å². The Morgan fingerprint density at radius 3 is 2.53 bits per heavy atom. The summed E-state index contributed by atoms with van der Waals surface area (Å²) in [6.07, 6.45) is 0. The summed E-state index contributed by atoms with van der Waals surface area (Å²) in [6, 6.07) is 9.46. The minimum Gasteiger partial charge on any atom is -0.399 e. The van der Waals surface area contributed by atoms with Crippen LogP contribution in [0.1, 0.15) is 0 Å². The van der Waals surface area contributed by atoms with E-state index in [0.29, 0.717) is 11.4 Å². The number of benzene rings is 2. The Kier molecular flexibility index (Phi) is 3.64. The number of nitrogens with two attached hydrogens (primary N) is 1. The molecule has 0 aliphatic rings. The Bertz CT molecular complexity index is 719. The van der Waals surface area contributed by atoms with Crippen molar-refractivity contribution in [3.8, 4) is 0 Å². The van der Waals surface area contributed by atoms with Crippen LogP contribution in [0.3, 0.4) is 0 Å². The highest BCUT2D eigenvalue weighted by Gasteiger charge is 2.16. The predicted molar refractivity (Wildman–Crippen MR) is 73.1 cm³/mol. The van der Waals surface area contributed by atoms with E-state index in [2.05, 4.69) is 4.72 Å². The molecular weight excluding hydrogens is 291 g/mol. The number of hydrogen-bond acceptors (Lipinski definition) is 3. The Morgan fingerprint density at radius 1 is 1.16 bits per heavy atom. The molecule has 0 fully saturated rings. The minimum absolute atomic E-state index is 0.124. The summed E-state index contributed by atoms with van der Waals surface area (Å²) in [5, 5.41) is -0.254. The van der Waals surface area contributed by atoms with Crippen molar-refractivity contribution < 1.29 is 12.8 Å². The molecule has 0 atom stereocenters. The largest absolute Gasteiger partial charge is 0.399 e. The van der Waals surface area contributed by atoms with Gasteiger partial charge in [0.1, 0.15) is 5.82 Å². The van der Waals surface area contributed by atoms with Crippen LogP contribution in [0.25, 0.3) is 0 Å². The molecule has 100 valence electrons. The number of nitrogen functional groups attached to an aromatic ring is 1. The zero-order chi connectivity index (χ0) is 14.0. The second-order valence-corrected chi connectivity index (χ2v) is 5.90. The molecule has 0 unspecified atom stereocenters. The third-order valence-corrected chi connectivity index (χ3v) is 4.01. The van der Waals surface area contributed by atoms with Crippen molar-refractivity contribution in [1.82, 2.24) is 0 Å². The Balaban J connectivity index is 2.35. The Hall–Kier alpha value is -1.79. The quantitative estimate of drug-likeness (QED) is 0.856. The molecule has 0 bridgehead atoms. The van der Waals surface area contributed by atoms with E-state index in [1.165, 1.54) is 6.07 Å². The van der Waals surface area contributed by atoms with Crippen LogP contribution in [0, 0.1) is 5.82 Å². The highest BCUT2D eigenvalue weighted by atomic mass is 35.5. The van der Waals surface area contributed by atoms with E-state index < -0.39 is 15.8 Å². The molecule has 0 aliphatic carbocycles. The summed E-state index contributed by atoms with van der Waals surface area (Å²) in [6.45, 7) is 0. The van der Waals surface area contributed by atoms with Crippen molar-refractivity contribution in [1.29, 1.82) is 0 Å². The lowest BCUT2D eigenvalue weighted by Gasteiger charge is -2.09. The van der Waals surface area contributed by atoms with Crippen LogP contribution in [-0.4, -0.2) is 8.42 Å². The van der Waals surface area contributed by atoms with E-state index in [1.807, 2.05) is 0 Å². The SMILES string of the molecule is Nc1cccc(NS(=O)(=O)c2ccc(F)c(Cl)c2)c1. The predicted octanol–water partition coefficient (Wildman–Crippen LogP) is 2.86. The molecule has 4 nitrogen and oxygen atoms in total. The third kappa shape index (κ3) is 3.15. The molecule has 0 saturated heterocycles. The van der Waals surface area contributed by atoms with Crippen molar-refractivity contribution in [2.24, 2.45) is 0 Å². The van der Waals surface area contributed by atoms with Crippen LogP contribution >= 0.6 is 11.6 Å². The summed E-state index contributed by atoms with van der Waals surface area (Å²) in [7, 11) is -3.83. The molecular formula is C12H10ClFN2O2S. The lowest BCUT2D eigenvalue weighted by Crippen LogP contribution is -2.13. The van der Waals surface area contributed by atoms with E-state index in [-0.39, 0.29) is 9.92 Å². The van der Waals surface area contributed by atoms with Crippen molar-refractivity contribution in [2.45, 2.75) is 4.90 Å². The molecule has 2 rings (SSSR count). The van der Waals surface area contributed by atoms with Crippen molar-refractivity contribution >= 4 is 33.0 Å². The van der Waals surface area contributed by atoms with Gasteiger partial charge in [-0.25, -0.2) is 12.8 Å². The maximum atomic E-state index is 13.0. The van der Waals surface area contributed by atoms with Crippen molar-refractivity contribution in [2.75, 3.05) is 10.5 Å². The summed E-state index contributed by atoms with van der Waals surface area (Å²) < 4.78 is 39.4. The first-order valence-electron chi connectivity index (χ1n) is 5.22. The smallest absolute Gasteiger partial charge is 0.261 e. The summed E-state index contributed by atoms with van der Waals surface area (Å²) in [4.78, 5) is -0.124. The molecule has 2 aromatic carbocycles. The average Bonchev–Trinajstić information content (AvgIpc) is 2.32. The number of halogens is 2. The normalized spacial score (nSPS) is 11.3. The molecule has 0 aliphatic heterocycles. The van der Waals surface area contributed by atoms with Crippen LogP contribution in [0.4, 0.5) is 15.8 Å². The van der Waals surface area contributed by atoms with Gasteiger partial charge in [0, 0.05) is 5.69 Å². The maximum absolute atomic E-state index is 13.0. The van der Waals surface area contributed by atoms with Crippen molar-refractivity contribution in [3.63, 3.8) is 0 Å². The van der Waals surface area contributed by atoms with Gasteiger partial charge in [0.25, 0.3) is 10.0 Å². The van der Waals surface area contributed by atoms with E-state index >= 15 is 0 Å². The first-order chi connectivity index (χ1) is 8.88. The van der Waals surface area contributed by atoms with Gasteiger partial charge in [0.2, 0.25) is 0 Å². The van der Waals surface area contributed by atoms with Crippen LogP contribution in [0.5, 0.6) is 0 Å². The van der Waals surface area contributed by atoms with Crippen LogP contribution in [0.2, 0.25) is 5.02 Å². The van der Waals surface area contributed by atoms with Gasteiger partial charge in [0.15, 0.2) is 0 Å². The monoisotopic (exact) mass is 300 g/mol. The Labute approximate surface area is 115 Å². The fraction of sp³-hybridized carbons (Fsp3) is 0. The van der Waals surface area contributed by atoms with Gasteiger partial charge >= 0.3 is 0 Å². The zero-order valence-electron chi connectivity index (χ0n) is 9.60. The topological polar surface area (TPSA) is 72.2 Å². The highest BCUT2D eigenvalue weighted by Crippen LogP contribution is 2.22. The van der Waals surface area contributed by atoms with Gasteiger partial charge in [-0.05, 0) is 36.4 Å². The van der Waals surface area contributed by atoms with Gasteiger partial charge < -0.3 is 5.73 Å². The summed E-state index contributed by atoms with van der Waals surface area (Å²) >= 11 is 5.56. The van der Waals surface area contributed by atoms with E-state index in [0.717, 1.165) is 18.2 Å². The van der Waals surface area contributed by atoms with E-state index in [4.69, 9.17) is 17.3 Å². The van der Waals surface area contributed by atoms with E-state index in [9.17, 15) is 12.8 Å². The highest BCUT2D eigenvalue weighted by molar-refractivity contribution is 7.92. The number of anilines is 2. The number of nitrogens with one attached hydrogen (secondary N) is 1. The second kappa shape index (κ2) is 5.07. The third-order valence-electron chi connectivity index (χ3n) is 2.34. The molecule has 0 aromatic heterocycles. The molecule has 3 N–H and O–H groups in total. The fourth-order valence-electron chi connectivity index (χ4n) is 1.46. The molecule has 0 radical (unpaired) electrons. The van der Waals surface area contributed by atoms with Gasteiger partial charge in [-0.2, -0.15) is 0 Å². The number of rotatable bonds is 3. The fourth-order valence-corrected chi connectivity index (χ4v) is 2.78. The average molecular weight is 301 g/mol. The first kappa shape index (κ1) is 13.6. The zero-order valence-corrected chi connectivity index (χ0v) is 11.2. The second-order valence-electron chi connectivity index (χ2n) is 3.81. The number of hydrogen-bond donors (Lipinski definition) is 2. The van der Waals surface area contributed by atoms with Crippen LogP contribution < -0.4 is 10.5 Å². The minimum atomic E-state index is -3.83. The Morgan fingerprint density at radius 2 is 1.89 bits per heavy atom.